The van der Waals surface area contributed by atoms with Crippen molar-refractivity contribution < 1.29 is 9.90 Å². The third-order valence-electron chi connectivity index (χ3n) is 2.13. The molecule has 0 aliphatic heterocycles. The van der Waals surface area contributed by atoms with Crippen molar-refractivity contribution in [1.29, 1.82) is 0 Å². The van der Waals surface area contributed by atoms with Crippen molar-refractivity contribution >= 4 is 17.7 Å². The van der Waals surface area contributed by atoms with E-state index in [1.807, 2.05) is 18.4 Å². The molecule has 2 N–H and O–H groups in total. The van der Waals surface area contributed by atoms with Crippen molar-refractivity contribution in [3.63, 3.8) is 0 Å². The van der Waals surface area contributed by atoms with Crippen LogP contribution in [0.15, 0.2) is 24.3 Å². The minimum absolute atomic E-state index is 0.123. The summed E-state index contributed by atoms with van der Waals surface area (Å²) in [5.74, 6) is 0.369. The zero-order chi connectivity index (χ0) is 11.3. The molecule has 0 fully saturated rings. The lowest BCUT2D eigenvalue weighted by atomic mass is 10.0. The Morgan fingerprint density at radius 1 is 1.47 bits per heavy atom. The molecule has 1 aromatic carbocycles. The molecule has 82 valence electrons. The topological polar surface area (TPSA) is 49.3 Å². The van der Waals surface area contributed by atoms with Gasteiger partial charge in [-0.25, -0.2) is 0 Å². The number of ketones is 1. The van der Waals surface area contributed by atoms with Gasteiger partial charge >= 0.3 is 0 Å². The molecule has 4 heteroatoms. The molecule has 0 amide bonds. The molecule has 0 saturated carbocycles. The van der Waals surface area contributed by atoms with Crippen LogP contribution in [0.1, 0.15) is 12.5 Å². The fourth-order valence-electron chi connectivity index (χ4n) is 1.28. The summed E-state index contributed by atoms with van der Waals surface area (Å²) in [5, 5.41) is 9.12. The smallest absolute Gasteiger partial charge is 0.147 e. The highest BCUT2D eigenvalue weighted by Gasteiger charge is 2.13. The minimum atomic E-state index is -0.162. The number of phenols is 1. The van der Waals surface area contributed by atoms with Crippen molar-refractivity contribution in [2.75, 3.05) is 6.26 Å². The summed E-state index contributed by atoms with van der Waals surface area (Å²) in [6, 6.07) is 6.75. The third kappa shape index (κ3) is 3.93. The highest BCUT2D eigenvalue weighted by molar-refractivity contribution is 7.96. The number of hydrogen-bond donors (Lipinski definition) is 2. The molecule has 1 aromatic rings. The Labute approximate surface area is 94.0 Å². The number of carbonyl (C=O) groups excluding carboxylic acids is 1. The van der Waals surface area contributed by atoms with Gasteiger partial charge in [0.15, 0.2) is 0 Å². The number of nitrogens with one attached hydrogen (secondary N) is 1. The van der Waals surface area contributed by atoms with Crippen LogP contribution in [0.3, 0.4) is 0 Å². The maximum Gasteiger partial charge on any atom is 0.147 e. The quantitative estimate of drug-likeness (QED) is 0.750. The Morgan fingerprint density at radius 2 is 2.07 bits per heavy atom. The first-order valence-electron chi connectivity index (χ1n) is 4.70. The normalized spacial score (nSPS) is 12.4. The van der Waals surface area contributed by atoms with E-state index >= 15 is 0 Å². The van der Waals surface area contributed by atoms with Gasteiger partial charge in [-0.1, -0.05) is 24.1 Å². The summed E-state index contributed by atoms with van der Waals surface area (Å²) in [5.41, 5.74) is 1.04. The number of carbonyl (C=O) groups is 1. The van der Waals surface area contributed by atoms with Crippen molar-refractivity contribution in [2.45, 2.75) is 19.4 Å². The summed E-state index contributed by atoms with van der Waals surface area (Å²) >= 11 is 1.44. The molecule has 1 atom stereocenters. The summed E-state index contributed by atoms with van der Waals surface area (Å²) in [6.45, 7) is 1.58. The number of aromatic hydroxyl groups is 1. The van der Waals surface area contributed by atoms with Crippen LogP contribution < -0.4 is 4.72 Å². The molecule has 0 radical (unpaired) electrons. The highest BCUT2D eigenvalue weighted by atomic mass is 32.2. The van der Waals surface area contributed by atoms with Gasteiger partial charge in [0, 0.05) is 0 Å². The maximum absolute atomic E-state index is 11.3. The average molecular weight is 225 g/mol. The molecule has 3 nitrogen and oxygen atoms in total. The van der Waals surface area contributed by atoms with Crippen LogP contribution in [-0.4, -0.2) is 23.2 Å². The van der Waals surface area contributed by atoms with E-state index in [2.05, 4.69) is 4.72 Å². The van der Waals surface area contributed by atoms with Crippen LogP contribution in [0.4, 0.5) is 0 Å². The van der Waals surface area contributed by atoms with Gasteiger partial charge < -0.3 is 5.11 Å². The van der Waals surface area contributed by atoms with E-state index in [1.165, 1.54) is 11.9 Å². The summed E-state index contributed by atoms with van der Waals surface area (Å²) in [6.07, 6.45) is 2.54. The first-order valence-corrected chi connectivity index (χ1v) is 5.93. The minimum Gasteiger partial charge on any atom is -0.508 e. The van der Waals surface area contributed by atoms with Crippen molar-refractivity contribution in [1.82, 2.24) is 4.72 Å². The van der Waals surface area contributed by atoms with Gasteiger partial charge in [0.2, 0.25) is 0 Å². The Morgan fingerprint density at radius 3 is 2.53 bits per heavy atom. The second kappa shape index (κ2) is 5.78. The zero-order valence-corrected chi connectivity index (χ0v) is 9.67. The van der Waals surface area contributed by atoms with E-state index < -0.39 is 0 Å². The van der Waals surface area contributed by atoms with Crippen LogP contribution >= 0.6 is 11.9 Å². The molecule has 0 bridgehead atoms. The average Bonchev–Trinajstić information content (AvgIpc) is 2.20. The number of rotatable bonds is 5. The third-order valence-corrected chi connectivity index (χ3v) is 2.65. The lowest BCUT2D eigenvalue weighted by Gasteiger charge is -2.13. The van der Waals surface area contributed by atoms with Crippen molar-refractivity contribution in [3.05, 3.63) is 29.8 Å². The summed E-state index contributed by atoms with van der Waals surface area (Å²) < 4.78 is 3.05. The van der Waals surface area contributed by atoms with Gasteiger partial charge in [-0.2, -0.15) is 0 Å². The van der Waals surface area contributed by atoms with Gasteiger partial charge in [0.05, 0.1) is 6.04 Å². The first-order chi connectivity index (χ1) is 7.13. The van der Waals surface area contributed by atoms with Gasteiger partial charge in [-0.05, 0) is 37.3 Å². The van der Waals surface area contributed by atoms with E-state index in [1.54, 1.807) is 19.1 Å². The van der Waals surface area contributed by atoms with Gasteiger partial charge in [0.1, 0.15) is 11.5 Å². The van der Waals surface area contributed by atoms with Crippen LogP contribution in [-0.2, 0) is 11.2 Å². The second-order valence-electron chi connectivity index (χ2n) is 3.36. The molecule has 1 rings (SSSR count). The van der Waals surface area contributed by atoms with E-state index in [9.17, 15) is 4.79 Å². The Balaban J connectivity index is 2.65. The first kappa shape index (κ1) is 12.1. The lowest BCUT2D eigenvalue weighted by molar-refractivity contribution is -0.118. The van der Waals surface area contributed by atoms with E-state index in [0.717, 1.165) is 5.56 Å². The predicted molar refractivity (Wildman–Crippen MR) is 62.9 cm³/mol. The number of Topliss-reactive ketones (excluding diaryl/α,β-unsaturated/α-hetero) is 1. The second-order valence-corrected chi connectivity index (χ2v) is 4.00. The van der Waals surface area contributed by atoms with Gasteiger partial charge in [-0.3, -0.25) is 9.52 Å². The molecule has 0 heterocycles. The molecule has 0 aliphatic rings. The summed E-state index contributed by atoms with van der Waals surface area (Å²) in [7, 11) is 0. The van der Waals surface area contributed by atoms with Crippen LogP contribution in [0, 0.1) is 0 Å². The molecular formula is C11H15NO2S. The standard InChI is InChI=1S/C11H15NO2S/c1-8(13)11(12-15-2)7-9-3-5-10(14)6-4-9/h3-6,11-12,14H,7H2,1-2H3. The molecule has 0 aromatic heterocycles. The van der Waals surface area contributed by atoms with E-state index in [4.69, 9.17) is 5.11 Å². The molecule has 0 saturated heterocycles. The monoisotopic (exact) mass is 225 g/mol. The van der Waals surface area contributed by atoms with Gasteiger partial charge in [0.25, 0.3) is 0 Å². The summed E-state index contributed by atoms with van der Waals surface area (Å²) in [4.78, 5) is 11.3. The predicted octanol–water partition coefficient (Wildman–Crippen LogP) is 1.76. The van der Waals surface area contributed by atoms with Crippen LogP contribution in [0.5, 0.6) is 5.75 Å². The highest BCUT2D eigenvalue weighted by Crippen LogP contribution is 2.12. The largest absolute Gasteiger partial charge is 0.508 e. The maximum atomic E-state index is 11.3. The fraction of sp³-hybridized carbons (Fsp3) is 0.364. The number of phenolic OH excluding ortho intramolecular Hbond substituents is 1. The van der Waals surface area contributed by atoms with Gasteiger partial charge in [-0.15, -0.1) is 0 Å². The van der Waals surface area contributed by atoms with Crippen LogP contribution in [0.25, 0.3) is 0 Å². The fourth-order valence-corrected chi connectivity index (χ4v) is 1.81. The number of benzene rings is 1. The molecule has 0 aliphatic carbocycles. The molecular weight excluding hydrogens is 210 g/mol. The van der Waals surface area contributed by atoms with Crippen molar-refractivity contribution in [2.24, 2.45) is 0 Å². The molecule has 0 spiro atoms. The Hall–Kier alpha value is -1.00. The molecule has 15 heavy (non-hydrogen) atoms. The lowest BCUT2D eigenvalue weighted by Crippen LogP contribution is -2.32. The number of hydrogen-bond acceptors (Lipinski definition) is 4. The Bertz CT molecular complexity index is 324. The van der Waals surface area contributed by atoms with Crippen molar-refractivity contribution in [3.8, 4) is 5.75 Å². The molecule has 1 unspecified atom stereocenters. The van der Waals surface area contributed by atoms with Crippen LogP contribution in [0.2, 0.25) is 0 Å². The van der Waals surface area contributed by atoms with E-state index in [0.29, 0.717) is 6.42 Å². The van der Waals surface area contributed by atoms with E-state index in [-0.39, 0.29) is 17.6 Å². The Kier molecular flexibility index (Phi) is 4.65. The zero-order valence-electron chi connectivity index (χ0n) is 8.86. The SMILES string of the molecule is CSNC(Cc1ccc(O)cc1)C(C)=O.